The van der Waals surface area contributed by atoms with Gasteiger partial charge < -0.3 is 4.53 Å². The van der Waals surface area contributed by atoms with E-state index in [1.165, 1.54) is 4.31 Å². The second-order valence-corrected chi connectivity index (χ2v) is 16.9. The molecule has 1 heterocycles. The van der Waals surface area contributed by atoms with E-state index in [1.54, 1.807) is 47.7 Å². The van der Waals surface area contributed by atoms with Gasteiger partial charge in [-0.2, -0.15) is 0 Å². The Morgan fingerprint density at radius 1 is 1.09 bits per heavy atom. The average molecular weight is 491 g/mol. The second-order valence-electron chi connectivity index (χ2n) is 9.34. The fourth-order valence-electron chi connectivity index (χ4n) is 3.04. The number of benzene rings is 2. The molecule has 172 valence electrons. The molecule has 1 aromatic heterocycles. The van der Waals surface area contributed by atoms with Gasteiger partial charge in [0, 0.05) is 4.70 Å². The van der Waals surface area contributed by atoms with Crippen LogP contribution >= 0.6 is 11.3 Å². The van der Waals surface area contributed by atoms with E-state index in [0.29, 0.717) is 11.3 Å². The Kier molecular flexibility index (Phi) is 6.85. The minimum Gasteiger partial charge on any atom is -0.319 e. The molecular formula is C23H30N2O4S2Si. The van der Waals surface area contributed by atoms with Gasteiger partial charge in [0.2, 0.25) is 18.3 Å². The third-order valence-electron chi connectivity index (χ3n) is 5.86. The molecule has 0 unspecified atom stereocenters. The minimum absolute atomic E-state index is 0.122. The molecule has 0 aliphatic carbocycles. The Bertz CT molecular complexity index is 1200. The van der Waals surface area contributed by atoms with Gasteiger partial charge in [-0.15, -0.1) is 11.3 Å². The molecule has 3 aromatic rings. The zero-order valence-corrected chi connectivity index (χ0v) is 21.9. The maximum Gasteiger partial charge on any atom is 0.271 e. The van der Waals surface area contributed by atoms with E-state index >= 15 is 0 Å². The number of hydrogen-bond donors (Lipinski definition) is 1. The normalized spacial score (nSPS) is 13.7. The number of hydrogen-bond acceptors (Lipinski definition) is 5. The smallest absolute Gasteiger partial charge is 0.271 e. The maximum absolute atomic E-state index is 13.5. The quantitative estimate of drug-likeness (QED) is 0.352. The summed E-state index contributed by atoms with van der Waals surface area (Å²) < 4.78 is 34.2. The molecule has 0 bridgehead atoms. The molecule has 0 radical (unpaired) electrons. The number of rotatable bonds is 7. The molecule has 0 saturated heterocycles. The molecule has 0 fully saturated rings. The van der Waals surface area contributed by atoms with Crippen molar-refractivity contribution in [2.75, 3.05) is 10.6 Å². The fraction of sp³-hybridized carbons (Fsp3) is 0.348. The van der Waals surface area contributed by atoms with Gasteiger partial charge in [-0.3, -0.25) is 9.10 Å². The van der Waals surface area contributed by atoms with Gasteiger partial charge in [-0.25, -0.2) is 13.9 Å². The Balaban J connectivity index is 2.07. The van der Waals surface area contributed by atoms with Crippen LogP contribution in [0.25, 0.3) is 10.1 Å². The van der Waals surface area contributed by atoms with Crippen molar-refractivity contribution >= 4 is 51.4 Å². The molecular weight excluding hydrogens is 460 g/mol. The monoisotopic (exact) mass is 490 g/mol. The first-order valence-corrected chi connectivity index (χ1v) is 15.9. The van der Waals surface area contributed by atoms with Crippen molar-refractivity contribution in [3.63, 3.8) is 0 Å². The first-order valence-electron chi connectivity index (χ1n) is 10.3. The lowest BCUT2D eigenvalue weighted by Crippen LogP contribution is -2.50. The summed E-state index contributed by atoms with van der Waals surface area (Å²) in [6.45, 7) is 10.2. The summed E-state index contributed by atoms with van der Waals surface area (Å²) in [5, 5.41) is 2.75. The lowest BCUT2D eigenvalue weighted by atomic mass is 10.1. The summed E-state index contributed by atoms with van der Waals surface area (Å²) in [4.78, 5) is 13.5. The Morgan fingerprint density at radius 3 is 2.34 bits per heavy atom. The van der Waals surface area contributed by atoms with Crippen molar-refractivity contribution in [2.24, 2.45) is 0 Å². The summed E-state index contributed by atoms with van der Waals surface area (Å²) >= 11 is 1.58. The molecule has 0 saturated carbocycles. The molecule has 1 amide bonds. The van der Waals surface area contributed by atoms with E-state index in [0.717, 1.165) is 16.3 Å². The van der Waals surface area contributed by atoms with Gasteiger partial charge in [-0.1, -0.05) is 51.1 Å². The van der Waals surface area contributed by atoms with Gasteiger partial charge in [0.15, 0.2) is 6.04 Å². The highest BCUT2D eigenvalue weighted by Gasteiger charge is 2.40. The number of hydroxylamine groups is 1. The molecule has 2 aromatic carbocycles. The Hall–Kier alpha value is -2.20. The van der Waals surface area contributed by atoms with Crippen LogP contribution in [-0.4, -0.2) is 28.9 Å². The number of fused-ring (bicyclic) bond motifs is 1. The molecule has 0 aliphatic rings. The first kappa shape index (κ1) is 24.4. The van der Waals surface area contributed by atoms with Crippen LogP contribution in [0.3, 0.4) is 0 Å². The molecule has 1 N–H and O–H groups in total. The Morgan fingerprint density at radius 2 is 1.75 bits per heavy atom. The van der Waals surface area contributed by atoms with Gasteiger partial charge in [0.25, 0.3) is 5.91 Å². The van der Waals surface area contributed by atoms with Crippen molar-refractivity contribution in [2.45, 2.75) is 44.9 Å². The molecule has 32 heavy (non-hydrogen) atoms. The van der Waals surface area contributed by atoms with Crippen LogP contribution in [0, 0.1) is 0 Å². The lowest BCUT2D eigenvalue weighted by Gasteiger charge is -2.36. The zero-order valence-electron chi connectivity index (χ0n) is 19.2. The summed E-state index contributed by atoms with van der Waals surface area (Å²) in [6, 6.07) is 15.1. The molecule has 6 nitrogen and oxygen atoms in total. The number of carbonyl (C=O) groups excluding carboxylic acids is 1. The van der Waals surface area contributed by atoms with Crippen molar-refractivity contribution < 1.29 is 17.7 Å². The van der Waals surface area contributed by atoms with E-state index < -0.39 is 30.3 Å². The molecule has 0 aliphatic heterocycles. The summed E-state index contributed by atoms with van der Waals surface area (Å²) in [6.07, 6.45) is 1.11. The summed E-state index contributed by atoms with van der Waals surface area (Å²) in [5.74, 6) is -0.531. The van der Waals surface area contributed by atoms with Crippen molar-refractivity contribution in [1.29, 1.82) is 0 Å². The van der Waals surface area contributed by atoms with Crippen LogP contribution in [-0.2, 0) is 19.3 Å². The third-order valence-corrected chi connectivity index (χ3v) is 12.1. The zero-order chi connectivity index (χ0) is 23.7. The number of nitrogens with one attached hydrogen (secondary N) is 1. The fourth-order valence-corrected chi connectivity index (χ4v) is 5.57. The maximum atomic E-state index is 13.5. The van der Waals surface area contributed by atoms with E-state index in [9.17, 15) is 13.2 Å². The van der Waals surface area contributed by atoms with Crippen LogP contribution in [0.2, 0.25) is 18.1 Å². The Labute approximate surface area is 195 Å². The van der Waals surface area contributed by atoms with Gasteiger partial charge in [0.1, 0.15) is 0 Å². The van der Waals surface area contributed by atoms with Crippen molar-refractivity contribution in [3.8, 4) is 0 Å². The average Bonchev–Trinajstić information content (AvgIpc) is 3.17. The number of nitrogens with zero attached hydrogens (tertiary/aromatic N) is 1. The number of thiophene rings is 1. The molecule has 0 spiro atoms. The van der Waals surface area contributed by atoms with Crippen LogP contribution in [0.4, 0.5) is 5.69 Å². The summed E-state index contributed by atoms with van der Waals surface area (Å²) in [7, 11) is -6.11. The molecule has 1 atom stereocenters. The highest BCUT2D eigenvalue weighted by molar-refractivity contribution is 7.92. The number of amides is 1. The second kappa shape index (κ2) is 8.97. The summed E-state index contributed by atoms with van der Waals surface area (Å²) in [5.41, 5.74) is 3.58. The molecule has 3 rings (SSSR count). The topological polar surface area (TPSA) is 75.7 Å². The minimum atomic E-state index is -3.81. The lowest BCUT2D eigenvalue weighted by molar-refractivity contribution is -0.129. The number of sulfonamides is 1. The standard InChI is InChI=1S/C23H30N2O4S2Si/c1-23(2,3)32(5,6)29-24-22(26)21(17-10-8-7-9-11-17)25(31(4,27)28)19-12-13-20-18(16-19)14-15-30-20/h7-16,21H,1-6H3,(H,24,26)/t21-/m1/s1. The van der Waals surface area contributed by atoms with Crippen LogP contribution in [0.1, 0.15) is 32.4 Å². The SMILES string of the molecule is CC(C)(C)[Si](C)(C)ONC(=O)[C@@H](c1ccccc1)N(c1ccc2sccc2c1)S(C)(=O)=O. The predicted molar refractivity (Wildman–Crippen MR) is 135 cm³/mol. The predicted octanol–water partition coefficient (Wildman–Crippen LogP) is 5.46. The van der Waals surface area contributed by atoms with Crippen molar-refractivity contribution in [1.82, 2.24) is 5.48 Å². The van der Waals surface area contributed by atoms with Gasteiger partial charge >= 0.3 is 0 Å². The van der Waals surface area contributed by atoms with Crippen molar-refractivity contribution in [3.05, 3.63) is 65.5 Å². The van der Waals surface area contributed by atoms with Gasteiger partial charge in [0.05, 0.1) is 11.9 Å². The van der Waals surface area contributed by atoms with Crippen LogP contribution in [0.5, 0.6) is 0 Å². The highest BCUT2D eigenvalue weighted by Crippen LogP contribution is 2.37. The third kappa shape index (κ3) is 5.23. The van der Waals surface area contributed by atoms with E-state index in [2.05, 4.69) is 26.3 Å². The highest BCUT2D eigenvalue weighted by atomic mass is 32.2. The number of carbonyl (C=O) groups is 1. The van der Waals surface area contributed by atoms with Gasteiger partial charge in [-0.05, 0) is 58.7 Å². The van der Waals surface area contributed by atoms with E-state index in [4.69, 9.17) is 4.53 Å². The largest absolute Gasteiger partial charge is 0.319 e. The number of anilines is 1. The van der Waals surface area contributed by atoms with Crippen LogP contribution < -0.4 is 9.79 Å². The molecule has 9 heteroatoms. The van der Waals surface area contributed by atoms with E-state index in [-0.39, 0.29) is 5.04 Å². The van der Waals surface area contributed by atoms with E-state index in [1.807, 2.05) is 36.7 Å². The van der Waals surface area contributed by atoms with Crippen LogP contribution in [0.15, 0.2) is 60.0 Å². The first-order chi connectivity index (χ1) is 14.8.